The standard InChI is InChI=1S/C14H20ClNO/c1-3-5-11(2)14(17)16-10-13-7-4-6-12(8-13)9-15/h4,6-8,11H,3,5,9-10H2,1-2H3,(H,16,17). The fraction of sp³-hybridized carbons (Fsp3) is 0.500. The average molecular weight is 254 g/mol. The van der Waals surface area contributed by atoms with Gasteiger partial charge in [-0.15, -0.1) is 11.6 Å². The van der Waals surface area contributed by atoms with Crippen molar-refractivity contribution < 1.29 is 4.79 Å². The first-order chi connectivity index (χ1) is 8.17. The van der Waals surface area contributed by atoms with Gasteiger partial charge in [-0.2, -0.15) is 0 Å². The summed E-state index contributed by atoms with van der Waals surface area (Å²) in [7, 11) is 0. The highest BCUT2D eigenvalue weighted by Gasteiger charge is 2.10. The zero-order valence-corrected chi connectivity index (χ0v) is 11.3. The molecule has 94 valence electrons. The van der Waals surface area contributed by atoms with Gasteiger partial charge in [0.05, 0.1) is 0 Å². The summed E-state index contributed by atoms with van der Waals surface area (Å²) in [6, 6.07) is 7.98. The first-order valence-electron chi connectivity index (χ1n) is 6.08. The van der Waals surface area contributed by atoms with Gasteiger partial charge in [0.2, 0.25) is 5.91 Å². The van der Waals surface area contributed by atoms with Crippen molar-refractivity contribution in [1.82, 2.24) is 5.32 Å². The van der Waals surface area contributed by atoms with Crippen LogP contribution < -0.4 is 5.32 Å². The van der Waals surface area contributed by atoms with Crippen LogP contribution in [0.5, 0.6) is 0 Å². The Morgan fingerprint density at radius 3 is 2.76 bits per heavy atom. The molecule has 2 nitrogen and oxygen atoms in total. The van der Waals surface area contributed by atoms with E-state index in [1.165, 1.54) is 0 Å². The lowest BCUT2D eigenvalue weighted by atomic mass is 10.1. The molecule has 0 aliphatic heterocycles. The monoisotopic (exact) mass is 253 g/mol. The quantitative estimate of drug-likeness (QED) is 0.773. The molecule has 1 unspecified atom stereocenters. The highest BCUT2D eigenvalue weighted by molar-refractivity contribution is 6.17. The van der Waals surface area contributed by atoms with Gasteiger partial charge in [-0.3, -0.25) is 4.79 Å². The molecule has 0 radical (unpaired) electrons. The number of hydrogen-bond donors (Lipinski definition) is 1. The van der Waals surface area contributed by atoms with Gasteiger partial charge in [0.1, 0.15) is 0 Å². The predicted octanol–water partition coefficient (Wildman–Crippen LogP) is 3.48. The summed E-state index contributed by atoms with van der Waals surface area (Å²) in [5, 5.41) is 2.95. The molecule has 0 saturated carbocycles. The van der Waals surface area contributed by atoms with E-state index in [1.54, 1.807) is 0 Å². The summed E-state index contributed by atoms with van der Waals surface area (Å²) in [4.78, 5) is 11.7. The van der Waals surface area contributed by atoms with E-state index in [4.69, 9.17) is 11.6 Å². The Bertz CT molecular complexity index is 365. The Labute approximate surface area is 108 Å². The Morgan fingerprint density at radius 1 is 1.41 bits per heavy atom. The number of amides is 1. The van der Waals surface area contributed by atoms with Crippen LogP contribution in [0.2, 0.25) is 0 Å². The molecule has 0 spiro atoms. The van der Waals surface area contributed by atoms with E-state index >= 15 is 0 Å². The lowest BCUT2D eigenvalue weighted by molar-refractivity contribution is -0.124. The van der Waals surface area contributed by atoms with Gasteiger partial charge in [0.25, 0.3) is 0 Å². The van der Waals surface area contributed by atoms with Crippen LogP contribution in [0.3, 0.4) is 0 Å². The lowest BCUT2D eigenvalue weighted by Crippen LogP contribution is -2.28. The number of carbonyl (C=O) groups is 1. The Kier molecular flexibility index (Phi) is 6.06. The van der Waals surface area contributed by atoms with E-state index in [9.17, 15) is 4.79 Å². The number of benzene rings is 1. The van der Waals surface area contributed by atoms with Crippen molar-refractivity contribution in [1.29, 1.82) is 0 Å². The molecule has 0 saturated heterocycles. The first kappa shape index (κ1) is 14.0. The van der Waals surface area contributed by atoms with E-state index < -0.39 is 0 Å². The highest BCUT2D eigenvalue weighted by Crippen LogP contribution is 2.09. The molecule has 1 rings (SSSR count). The molecule has 3 heteroatoms. The second kappa shape index (κ2) is 7.33. The molecular weight excluding hydrogens is 234 g/mol. The smallest absolute Gasteiger partial charge is 0.223 e. The molecule has 1 atom stereocenters. The van der Waals surface area contributed by atoms with Gasteiger partial charge in [0, 0.05) is 18.3 Å². The van der Waals surface area contributed by atoms with Gasteiger partial charge in [-0.1, -0.05) is 44.5 Å². The average Bonchev–Trinajstić information content (AvgIpc) is 2.36. The minimum atomic E-state index is 0.0937. The van der Waals surface area contributed by atoms with E-state index in [0.717, 1.165) is 24.0 Å². The number of halogens is 1. The van der Waals surface area contributed by atoms with E-state index in [0.29, 0.717) is 12.4 Å². The molecule has 0 fully saturated rings. The van der Waals surface area contributed by atoms with Crippen LogP contribution in [0.25, 0.3) is 0 Å². The number of alkyl halides is 1. The van der Waals surface area contributed by atoms with E-state index in [1.807, 2.05) is 31.2 Å². The summed E-state index contributed by atoms with van der Waals surface area (Å²) >= 11 is 5.77. The zero-order valence-electron chi connectivity index (χ0n) is 10.5. The number of hydrogen-bond acceptors (Lipinski definition) is 1. The summed E-state index contributed by atoms with van der Waals surface area (Å²) in [6.07, 6.45) is 1.98. The van der Waals surface area contributed by atoms with Gasteiger partial charge < -0.3 is 5.32 Å². The van der Waals surface area contributed by atoms with E-state index in [-0.39, 0.29) is 11.8 Å². The summed E-state index contributed by atoms with van der Waals surface area (Å²) < 4.78 is 0. The maximum atomic E-state index is 11.7. The van der Waals surface area contributed by atoms with Gasteiger partial charge >= 0.3 is 0 Å². The molecule has 1 aromatic carbocycles. The summed E-state index contributed by atoms with van der Waals surface area (Å²) in [6.45, 7) is 4.64. The van der Waals surface area contributed by atoms with Crippen molar-refractivity contribution in [2.24, 2.45) is 5.92 Å². The predicted molar refractivity (Wildman–Crippen MR) is 71.9 cm³/mol. The molecule has 0 heterocycles. The van der Waals surface area contributed by atoms with Gasteiger partial charge in [-0.05, 0) is 17.5 Å². The minimum absolute atomic E-state index is 0.0937. The molecule has 1 aromatic rings. The second-order valence-corrected chi connectivity index (χ2v) is 4.63. The van der Waals surface area contributed by atoms with Crippen LogP contribution in [0.15, 0.2) is 24.3 Å². The molecule has 1 amide bonds. The van der Waals surface area contributed by atoms with Gasteiger partial charge in [-0.25, -0.2) is 0 Å². The van der Waals surface area contributed by atoms with Crippen LogP contribution in [-0.2, 0) is 17.2 Å². The van der Waals surface area contributed by atoms with Crippen molar-refractivity contribution in [2.75, 3.05) is 0 Å². The fourth-order valence-electron chi connectivity index (χ4n) is 1.75. The van der Waals surface area contributed by atoms with Crippen molar-refractivity contribution in [2.45, 2.75) is 39.1 Å². The third-order valence-electron chi connectivity index (χ3n) is 2.78. The first-order valence-corrected chi connectivity index (χ1v) is 6.62. The third-order valence-corrected chi connectivity index (χ3v) is 3.09. The maximum Gasteiger partial charge on any atom is 0.223 e. The Balaban J connectivity index is 2.46. The normalized spacial score (nSPS) is 12.2. The molecule has 1 N–H and O–H groups in total. The van der Waals surface area contributed by atoms with Crippen molar-refractivity contribution >= 4 is 17.5 Å². The molecule has 0 aromatic heterocycles. The third kappa shape index (κ3) is 4.78. The molecule has 0 bridgehead atoms. The summed E-state index contributed by atoms with van der Waals surface area (Å²) in [5.74, 6) is 0.730. The molecule has 0 aliphatic carbocycles. The SMILES string of the molecule is CCCC(C)C(=O)NCc1cccc(CCl)c1. The minimum Gasteiger partial charge on any atom is -0.352 e. The van der Waals surface area contributed by atoms with Crippen molar-refractivity contribution in [3.8, 4) is 0 Å². The molecule has 17 heavy (non-hydrogen) atoms. The topological polar surface area (TPSA) is 29.1 Å². The lowest BCUT2D eigenvalue weighted by Gasteiger charge is -2.11. The zero-order chi connectivity index (χ0) is 12.7. The van der Waals surface area contributed by atoms with Crippen LogP contribution in [-0.4, -0.2) is 5.91 Å². The Hall–Kier alpha value is -1.02. The number of carbonyl (C=O) groups excluding carboxylic acids is 1. The number of rotatable bonds is 6. The molecular formula is C14H20ClNO. The largest absolute Gasteiger partial charge is 0.352 e. The second-order valence-electron chi connectivity index (χ2n) is 4.36. The van der Waals surface area contributed by atoms with Crippen LogP contribution >= 0.6 is 11.6 Å². The fourth-order valence-corrected chi connectivity index (χ4v) is 1.92. The van der Waals surface area contributed by atoms with Gasteiger partial charge in [0.15, 0.2) is 0 Å². The Morgan fingerprint density at radius 2 is 2.12 bits per heavy atom. The number of nitrogens with one attached hydrogen (secondary N) is 1. The van der Waals surface area contributed by atoms with Crippen LogP contribution in [0.1, 0.15) is 37.8 Å². The summed E-state index contributed by atoms with van der Waals surface area (Å²) in [5.41, 5.74) is 2.18. The van der Waals surface area contributed by atoms with Crippen LogP contribution in [0, 0.1) is 5.92 Å². The maximum absolute atomic E-state index is 11.7. The highest BCUT2D eigenvalue weighted by atomic mass is 35.5. The van der Waals surface area contributed by atoms with Crippen molar-refractivity contribution in [3.05, 3.63) is 35.4 Å². The van der Waals surface area contributed by atoms with Crippen molar-refractivity contribution in [3.63, 3.8) is 0 Å². The molecule has 0 aliphatic rings. The van der Waals surface area contributed by atoms with E-state index in [2.05, 4.69) is 12.2 Å². The van der Waals surface area contributed by atoms with Crippen LogP contribution in [0.4, 0.5) is 0 Å².